The van der Waals surface area contributed by atoms with Gasteiger partial charge in [0.2, 0.25) is 0 Å². The van der Waals surface area contributed by atoms with Gasteiger partial charge >= 0.3 is 5.97 Å². The SMILES string of the molecule is CCOC(=O)C1NCCc2[nH]ncc21. The van der Waals surface area contributed by atoms with Gasteiger partial charge in [0, 0.05) is 24.2 Å². The van der Waals surface area contributed by atoms with E-state index in [0.29, 0.717) is 6.61 Å². The number of aromatic nitrogens is 2. The van der Waals surface area contributed by atoms with E-state index in [1.807, 2.05) is 0 Å². The first-order valence-electron chi connectivity index (χ1n) is 4.75. The third-order valence-corrected chi connectivity index (χ3v) is 2.31. The number of hydrogen-bond donors (Lipinski definition) is 2. The Balaban J connectivity index is 2.19. The van der Waals surface area contributed by atoms with Gasteiger partial charge in [0.1, 0.15) is 6.04 Å². The molecule has 1 aromatic rings. The van der Waals surface area contributed by atoms with Crippen LogP contribution in [0.1, 0.15) is 24.2 Å². The number of nitrogens with zero attached hydrogens (tertiary/aromatic N) is 1. The van der Waals surface area contributed by atoms with Crippen LogP contribution in [0.4, 0.5) is 0 Å². The van der Waals surface area contributed by atoms with Gasteiger partial charge in [0.05, 0.1) is 12.8 Å². The highest BCUT2D eigenvalue weighted by atomic mass is 16.5. The maximum Gasteiger partial charge on any atom is 0.327 e. The second-order valence-electron chi connectivity index (χ2n) is 3.19. The molecule has 0 aromatic carbocycles. The first-order chi connectivity index (χ1) is 6.83. The van der Waals surface area contributed by atoms with Gasteiger partial charge < -0.3 is 10.1 Å². The highest BCUT2D eigenvalue weighted by Gasteiger charge is 2.28. The average Bonchev–Trinajstić information content (AvgIpc) is 2.65. The largest absolute Gasteiger partial charge is 0.465 e. The fraction of sp³-hybridized carbons (Fsp3) is 0.556. The molecule has 14 heavy (non-hydrogen) atoms. The van der Waals surface area contributed by atoms with Gasteiger partial charge in [0.25, 0.3) is 0 Å². The number of carbonyl (C=O) groups excluding carboxylic acids is 1. The predicted octanol–water partition coefficient (Wildman–Crippen LogP) is 0.160. The van der Waals surface area contributed by atoms with Crippen LogP contribution >= 0.6 is 0 Å². The van der Waals surface area contributed by atoms with Crippen molar-refractivity contribution in [2.24, 2.45) is 0 Å². The minimum absolute atomic E-state index is 0.227. The molecule has 2 heterocycles. The molecule has 0 spiro atoms. The van der Waals surface area contributed by atoms with Crippen LogP contribution in [0, 0.1) is 0 Å². The lowest BCUT2D eigenvalue weighted by Crippen LogP contribution is -2.35. The number of H-pyrrole nitrogens is 1. The number of fused-ring (bicyclic) bond motifs is 1. The molecule has 2 rings (SSSR count). The Kier molecular flexibility index (Phi) is 2.49. The molecule has 0 aliphatic carbocycles. The molecule has 0 fully saturated rings. The van der Waals surface area contributed by atoms with Gasteiger partial charge in [-0.1, -0.05) is 0 Å². The summed E-state index contributed by atoms with van der Waals surface area (Å²) in [5.41, 5.74) is 1.94. The minimum atomic E-state index is -0.350. The van der Waals surface area contributed by atoms with Crippen LogP contribution in [0.15, 0.2) is 6.20 Å². The number of ether oxygens (including phenoxy) is 1. The van der Waals surface area contributed by atoms with Gasteiger partial charge in [-0.3, -0.25) is 5.10 Å². The monoisotopic (exact) mass is 195 g/mol. The van der Waals surface area contributed by atoms with Gasteiger partial charge in [0.15, 0.2) is 0 Å². The van der Waals surface area contributed by atoms with Gasteiger partial charge in [-0.05, 0) is 6.92 Å². The van der Waals surface area contributed by atoms with E-state index in [0.717, 1.165) is 24.2 Å². The third kappa shape index (κ3) is 1.50. The van der Waals surface area contributed by atoms with Crippen LogP contribution in [0.25, 0.3) is 0 Å². The van der Waals surface area contributed by atoms with Crippen LogP contribution in [-0.4, -0.2) is 29.3 Å². The molecule has 0 saturated carbocycles. The smallest absolute Gasteiger partial charge is 0.327 e. The molecule has 0 radical (unpaired) electrons. The number of carbonyl (C=O) groups is 1. The summed E-state index contributed by atoms with van der Waals surface area (Å²) in [5.74, 6) is -0.227. The molecule has 0 saturated heterocycles. The van der Waals surface area contributed by atoms with Crippen molar-refractivity contribution in [1.29, 1.82) is 0 Å². The molecule has 0 bridgehead atoms. The van der Waals surface area contributed by atoms with Crippen molar-refractivity contribution in [3.63, 3.8) is 0 Å². The fourth-order valence-corrected chi connectivity index (χ4v) is 1.66. The quantitative estimate of drug-likeness (QED) is 0.660. The van der Waals surface area contributed by atoms with Crippen molar-refractivity contribution in [3.8, 4) is 0 Å². The average molecular weight is 195 g/mol. The van der Waals surface area contributed by atoms with E-state index >= 15 is 0 Å². The maximum absolute atomic E-state index is 11.5. The van der Waals surface area contributed by atoms with Gasteiger partial charge in [-0.15, -0.1) is 0 Å². The molecule has 5 nitrogen and oxygen atoms in total. The van der Waals surface area contributed by atoms with E-state index in [1.165, 1.54) is 0 Å². The third-order valence-electron chi connectivity index (χ3n) is 2.31. The number of rotatable bonds is 2. The first-order valence-corrected chi connectivity index (χ1v) is 4.75. The normalized spacial score (nSPS) is 20.2. The Morgan fingerprint density at radius 2 is 2.64 bits per heavy atom. The first kappa shape index (κ1) is 9.21. The van der Waals surface area contributed by atoms with Crippen molar-refractivity contribution >= 4 is 5.97 Å². The highest BCUT2D eigenvalue weighted by molar-refractivity contribution is 5.78. The molecule has 1 atom stereocenters. The van der Waals surface area contributed by atoms with Gasteiger partial charge in [-0.25, -0.2) is 4.79 Å². The standard InChI is InChI=1S/C9H13N3O2/c1-2-14-9(13)8-6-5-11-12-7(6)3-4-10-8/h5,8,10H,2-4H2,1H3,(H,11,12). The van der Waals surface area contributed by atoms with Crippen molar-refractivity contribution in [3.05, 3.63) is 17.5 Å². The van der Waals surface area contributed by atoms with E-state index in [9.17, 15) is 4.79 Å². The van der Waals surface area contributed by atoms with E-state index in [1.54, 1.807) is 13.1 Å². The lowest BCUT2D eigenvalue weighted by atomic mass is 10.0. The van der Waals surface area contributed by atoms with Crippen LogP contribution in [0.3, 0.4) is 0 Å². The summed E-state index contributed by atoms with van der Waals surface area (Å²) in [4.78, 5) is 11.5. The zero-order chi connectivity index (χ0) is 9.97. The lowest BCUT2D eigenvalue weighted by Gasteiger charge is -2.21. The zero-order valence-electron chi connectivity index (χ0n) is 8.04. The van der Waals surface area contributed by atoms with Crippen molar-refractivity contribution < 1.29 is 9.53 Å². The summed E-state index contributed by atoms with van der Waals surface area (Å²) in [6.07, 6.45) is 2.56. The fourth-order valence-electron chi connectivity index (χ4n) is 1.66. The van der Waals surface area contributed by atoms with E-state index in [4.69, 9.17) is 4.74 Å². The summed E-state index contributed by atoms with van der Waals surface area (Å²) in [5, 5.41) is 9.92. The van der Waals surface area contributed by atoms with Gasteiger partial charge in [-0.2, -0.15) is 5.10 Å². The van der Waals surface area contributed by atoms with E-state index < -0.39 is 0 Å². The summed E-state index contributed by atoms with van der Waals surface area (Å²) < 4.78 is 4.96. The maximum atomic E-state index is 11.5. The predicted molar refractivity (Wildman–Crippen MR) is 49.7 cm³/mol. The summed E-state index contributed by atoms with van der Waals surface area (Å²) in [6, 6.07) is -0.350. The summed E-state index contributed by atoms with van der Waals surface area (Å²) in [7, 11) is 0. The molecule has 76 valence electrons. The summed E-state index contributed by atoms with van der Waals surface area (Å²) in [6.45, 7) is 2.99. The second kappa shape index (κ2) is 3.79. The Bertz CT molecular complexity index is 335. The topological polar surface area (TPSA) is 67.0 Å². The second-order valence-corrected chi connectivity index (χ2v) is 3.19. The summed E-state index contributed by atoms with van der Waals surface area (Å²) >= 11 is 0. The Hall–Kier alpha value is -1.36. The van der Waals surface area contributed by atoms with Crippen molar-refractivity contribution in [2.45, 2.75) is 19.4 Å². The molecule has 1 aromatic heterocycles. The molecular formula is C9H13N3O2. The van der Waals surface area contributed by atoms with E-state index in [2.05, 4.69) is 15.5 Å². The Labute approximate surface area is 81.8 Å². The highest BCUT2D eigenvalue weighted by Crippen LogP contribution is 2.21. The molecule has 1 unspecified atom stereocenters. The number of aromatic amines is 1. The van der Waals surface area contributed by atoms with Crippen LogP contribution in [-0.2, 0) is 16.0 Å². The molecule has 0 amide bonds. The van der Waals surface area contributed by atoms with Crippen LogP contribution in [0.2, 0.25) is 0 Å². The van der Waals surface area contributed by atoms with Crippen molar-refractivity contribution in [2.75, 3.05) is 13.2 Å². The minimum Gasteiger partial charge on any atom is -0.465 e. The Morgan fingerprint density at radius 3 is 3.43 bits per heavy atom. The zero-order valence-corrected chi connectivity index (χ0v) is 8.04. The van der Waals surface area contributed by atoms with Crippen LogP contribution in [0.5, 0.6) is 0 Å². The molecule has 5 heteroatoms. The number of nitrogens with one attached hydrogen (secondary N) is 2. The number of esters is 1. The number of hydrogen-bond acceptors (Lipinski definition) is 4. The van der Waals surface area contributed by atoms with E-state index in [-0.39, 0.29) is 12.0 Å². The van der Waals surface area contributed by atoms with Crippen molar-refractivity contribution in [1.82, 2.24) is 15.5 Å². The lowest BCUT2D eigenvalue weighted by molar-refractivity contribution is -0.146. The molecule has 1 aliphatic heterocycles. The van der Waals surface area contributed by atoms with Crippen LogP contribution < -0.4 is 5.32 Å². The molecule has 1 aliphatic rings. The molecular weight excluding hydrogens is 182 g/mol. The Morgan fingerprint density at radius 1 is 1.79 bits per heavy atom. The molecule has 2 N–H and O–H groups in total.